The quantitative estimate of drug-likeness (QED) is 0.727. The number of nitrogens with zero attached hydrogens (tertiary/aromatic N) is 1. The lowest BCUT2D eigenvalue weighted by molar-refractivity contribution is 0.0692. The predicted octanol–water partition coefficient (Wildman–Crippen LogP) is 3.47. The van der Waals surface area contributed by atoms with Gasteiger partial charge < -0.3 is 9.64 Å². The average molecular weight is 261 g/mol. The van der Waals surface area contributed by atoms with E-state index in [-0.39, 0.29) is 5.41 Å². The fraction of sp³-hybridized carbons (Fsp3) is 0.647. The Kier molecular flexibility index (Phi) is 5.41. The van der Waals surface area contributed by atoms with Gasteiger partial charge in [0.05, 0.1) is 13.2 Å². The maximum atomic E-state index is 5.91. The molecule has 0 N–H and O–H groups in total. The monoisotopic (exact) mass is 261 g/mol. The Hall–Kier alpha value is -0.860. The first kappa shape index (κ1) is 14.5. The van der Waals surface area contributed by atoms with Gasteiger partial charge >= 0.3 is 0 Å². The minimum atomic E-state index is 0.100. The van der Waals surface area contributed by atoms with Crippen LogP contribution in [0.25, 0.3) is 0 Å². The van der Waals surface area contributed by atoms with Crippen LogP contribution in [0.15, 0.2) is 30.3 Å². The molecule has 2 rings (SSSR count). The van der Waals surface area contributed by atoms with Gasteiger partial charge in [0.1, 0.15) is 0 Å². The largest absolute Gasteiger partial charge is 0.379 e. The summed E-state index contributed by atoms with van der Waals surface area (Å²) in [7, 11) is 0. The molecule has 2 nitrogen and oxygen atoms in total. The lowest BCUT2D eigenvalue weighted by atomic mass is 9.86. The molecule has 0 spiro atoms. The molecular formula is C17H27NO. The van der Waals surface area contributed by atoms with Gasteiger partial charge in [0.2, 0.25) is 0 Å². The summed E-state index contributed by atoms with van der Waals surface area (Å²) in [5, 5.41) is 0. The van der Waals surface area contributed by atoms with Gasteiger partial charge in [0.25, 0.3) is 0 Å². The Morgan fingerprint density at radius 2 is 1.74 bits per heavy atom. The molecule has 0 atom stereocenters. The minimum Gasteiger partial charge on any atom is -0.379 e. The molecule has 2 heteroatoms. The topological polar surface area (TPSA) is 12.5 Å². The number of ether oxygens (including phenoxy) is 1. The van der Waals surface area contributed by atoms with Crippen molar-refractivity contribution in [2.24, 2.45) is 0 Å². The number of benzene rings is 1. The van der Waals surface area contributed by atoms with Crippen molar-refractivity contribution in [2.45, 2.75) is 38.5 Å². The van der Waals surface area contributed by atoms with E-state index in [4.69, 9.17) is 4.74 Å². The van der Waals surface area contributed by atoms with Crippen LogP contribution in [0.4, 0.5) is 0 Å². The molecule has 1 aliphatic rings. The Labute approximate surface area is 117 Å². The van der Waals surface area contributed by atoms with E-state index in [2.05, 4.69) is 49.1 Å². The number of hydrogen-bond donors (Lipinski definition) is 0. The summed E-state index contributed by atoms with van der Waals surface area (Å²) in [5.74, 6) is 0. The Morgan fingerprint density at radius 3 is 2.42 bits per heavy atom. The molecule has 0 aliphatic carbocycles. The highest BCUT2D eigenvalue weighted by Gasteiger charge is 2.20. The van der Waals surface area contributed by atoms with Gasteiger partial charge in [-0.1, -0.05) is 50.6 Å². The second-order valence-electron chi connectivity index (χ2n) is 6.20. The molecule has 0 aromatic heterocycles. The zero-order valence-electron chi connectivity index (χ0n) is 12.4. The van der Waals surface area contributed by atoms with Crippen LogP contribution >= 0.6 is 0 Å². The third kappa shape index (κ3) is 4.63. The van der Waals surface area contributed by atoms with Gasteiger partial charge in [-0.3, -0.25) is 0 Å². The Bertz CT molecular complexity index is 355. The number of likely N-dealkylation sites (tertiary alicyclic amines) is 1. The van der Waals surface area contributed by atoms with E-state index in [0.717, 1.165) is 19.8 Å². The zero-order chi connectivity index (χ0) is 13.6. The van der Waals surface area contributed by atoms with Crippen LogP contribution < -0.4 is 0 Å². The van der Waals surface area contributed by atoms with Gasteiger partial charge in [0.15, 0.2) is 0 Å². The fourth-order valence-electron chi connectivity index (χ4n) is 2.68. The minimum absolute atomic E-state index is 0.100. The summed E-state index contributed by atoms with van der Waals surface area (Å²) < 4.78 is 5.91. The molecule has 106 valence electrons. The molecule has 0 saturated carbocycles. The summed E-state index contributed by atoms with van der Waals surface area (Å²) in [6.45, 7) is 9.76. The molecule has 0 amide bonds. The van der Waals surface area contributed by atoms with Crippen molar-refractivity contribution in [1.29, 1.82) is 0 Å². The van der Waals surface area contributed by atoms with Gasteiger partial charge in [0, 0.05) is 12.0 Å². The molecule has 0 unspecified atom stereocenters. The van der Waals surface area contributed by atoms with Crippen molar-refractivity contribution in [1.82, 2.24) is 4.90 Å². The van der Waals surface area contributed by atoms with Gasteiger partial charge in [-0.15, -0.1) is 0 Å². The van der Waals surface area contributed by atoms with Crippen LogP contribution in [0, 0.1) is 0 Å². The van der Waals surface area contributed by atoms with E-state index in [1.54, 1.807) is 0 Å². The highest BCUT2D eigenvalue weighted by molar-refractivity contribution is 5.23. The molecule has 1 aliphatic heterocycles. The third-order valence-corrected chi connectivity index (χ3v) is 4.02. The van der Waals surface area contributed by atoms with Gasteiger partial charge in [-0.05, 0) is 31.5 Å². The fourth-order valence-corrected chi connectivity index (χ4v) is 2.68. The van der Waals surface area contributed by atoms with Crippen LogP contribution in [0.5, 0.6) is 0 Å². The van der Waals surface area contributed by atoms with Crippen molar-refractivity contribution < 1.29 is 4.74 Å². The second kappa shape index (κ2) is 7.06. The molecule has 1 aromatic rings. The van der Waals surface area contributed by atoms with Crippen LogP contribution in [-0.4, -0.2) is 37.7 Å². The summed E-state index contributed by atoms with van der Waals surface area (Å²) in [4.78, 5) is 2.53. The van der Waals surface area contributed by atoms with Crippen LogP contribution in [0.2, 0.25) is 0 Å². The van der Waals surface area contributed by atoms with E-state index in [1.165, 1.54) is 37.9 Å². The van der Waals surface area contributed by atoms with Gasteiger partial charge in [-0.2, -0.15) is 0 Å². The molecule has 1 saturated heterocycles. The van der Waals surface area contributed by atoms with Crippen molar-refractivity contribution >= 4 is 0 Å². The Morgan fingerprint density at radius 1 is 1.05 bits per heavy atom. The maximum Gasteiger partial charge on any atom is 0.0593 e. The molecule has 1 aromatic carbocycles. The van der Waals surface area contributed by atoms with Crippen molar-refractivity contribution in [3.8, 4) is 0 Å². The standard InChI is InChI=1S/C17H27NO/c1-17(2,16-9-5-3-6-10-16)15-19-14-13-18-11-7-4-8-12-18/h3,5-6,9-10H,4,7-8,11-15H2,1-2H3. The lowest BCUT2D eigenvalue weighted by Gasteiger charge is -2.28. The van der Waals surface area contributed by atoms with Crippen LogP contribution in [0.3, 0.4) is 0 Å². The lowest BCUT2D eigenvalue weighted by Crippen LogP contribution is -2.34. The predicted molar refractivity (Wildman–Crippen MR) is 80.6 cm³/mol. The number of hydrogen-bond acceptors (Lipinski definition) is 2. The molecule has 0 radical (unpaired) electrons. The van der Waals surface area contributed by atoms with Crippen molar-refractivity contribution in [3.63, 3.8) is 0 Å². The molecule has 0 bridgehead atoms. The highest BCUT2D eigenvalue weighted by atomic mass is 16.5. The molecular weight excluding hydrogens is 234 g/mol. The van der Waals surface area contributed by atoms with Crippen molar-refractivity contribution in [3.05, 3.63) is 35.9 Å². The number of piperidine rings is 1. The second-order valence-corrected chi connectivity index (χ2v) is 6.20. The summed E-state index contributed by atoms with van der Waals surface area (Å²) >= 11 is 0. The van der Waals surface area contributed by atoms with E-state index < -0.39 is 0 Å². The smallest absolute Gasteiger partial charge is 0.0593 e. The molecule has 1 fully saturated rings. The SMILES string of the molecule is CC(C)(COCCN1CCCCC1)c1ccccc1. The Balaban J connectivity index is 1.69. The normalized spacial score (nSPS) is 17.6. The summed E-state index contributed by atoms with van der Waals surface area (Å²) in [6.07, 6.45) is 4.11. The van der Waals surface area contributed by atoms with E-state index in [9.17, 15) is 0 Å². The molecule has 19 heavy (non-hydrogen) atoms. The van der Waals surface area contributed by atoms with Gasteiger partial charge in [-0.25, -0.2) is 0 Å². The highest BCUT2D eigenvalue weighted by Crippen LogP contribution is 2.23. The van der Waals surface area contributed by atoms with Crippen LogP contribution in [0.1, 0.15) is 38.7 Å². The van der Waals surface area contributed by atoms with Crippen LogP contribution in [-0.2, 0) is 10.2 Å². The first-order chi connectivity index (χ1) is 9.18. The summed E-state index contributed by atoms with van der Waals surface area (Å²) in [6, 6.07) is 10.6. The van der Waals surface area contributed by atoms with E-state index in [1.807, 2.05) is 0 Å². The third-order valence-electron chi connectivity index (χ3n) is 4.02. The first-order valence-electron chi connectivity index (χ1n) is 7.54. The first-order valence-corrected chi connectivity index (χ1v) is 7.54. The molecule has 1 heterocycles. The zero-order valence-corrected chi connectivity index (χ0v) is 12.4. The number of rotatable bonds is 6. The van der Waals surface area contributed by atoms with Crippen molar-refractivity contribution in [2.75, 3.05) is 32.8 Å². The van der Waals surface area contributed by atoms with E-state index >= 15 is 0 Å². The maximum absolute atomic E-state index is 5.91. The summed E-state index contributed by atoms with van der Waals surface area (Å²) in [5.41, 5.74) is 1.45. The van der Waals surface area contributed by atoms with E-state index in [0.29, 0.717) is 0 Å². The average Bonchev–Trinajstić information content (AvgIpc) is 2.46.